The minimum atomic E-state index is -0.327. The molecular weight excluding hydrogens is 431 g/mol. The zero-order valence-corrected chi connectivity index (χ0v) is 18.0. The van der Waals surface area contributed by atoms with Gasteiger partial charge in [0, 0.05) is 17.7 Å². The van der Waals surface area contributed by atoms with Crippen LogP contribution in [0.2, 0.25) is 0 Å². The van der Waals surface area contributed by atoms with Crippen LogP contribution < -0.4 is 9.47 Å². The maximum absolute atomic E-state index is 13.2. The number of tetrazole rings is 1. The Balaban J connectivity index is 1.53. The topological polar surface area (TPSA) is 121 Å². The van der Waals surface area contributed by atoms with Gasteiger partial charge in [0.2, 0.25) is 5.82 Å². The molecule has 0 bridgehead atoms. The summed E-state index contributed by atoms with van der Waals surface area (Å²) in [6.07, 6.45) is 0.795. The molecule has 2 aromatic heterocycles. The Bertz CT molecular complexity index is 1210. The van der Waals surface area contributed by atoms with E-state index in [2.05, 4.69) is 30.9 Å². The van der Waals surface area contributed by atoms with Crippen molar-refractivity contribution in [3.63, 3.8) is 0 Å². The maximum atomic E-state index is 13.2. The van der Waals surface area contributed by atoms with E-state index in [0.717, 1.165) is 6.42 Å². The molecule has 4 aromatic rings. The molecule has 1 N–H and O–H groups in total. The summed E-state index contributed by atoms with van der Waals surface area (Å²) >= 11 is 0. The van der Waals surface area contributed by atoms with Crippen LogP contribution in [0.25, 0.3) is 22.6 Å². The predicted molar refractivity (Wildman–Crippen MR) is 116 cm³/mol. The number of aromatic amines is 1. The van der Waals surface area contributed by atoms with E-state index in [9.17, 15) is 4.39 Å². The molecule has 0 radical (unpaired) electrons. The number of rotatable bonds is 10. The fourth-order valence-electron chi connectivity index (χ4n) is 2.90. The van der Waals surface area contributed by atoms with Crippen LogP contribution in [0, 0.1) is 5.82 Å². The molecule has 0 fully saturated rings. The van der Waals surface area contributed by atoms with Crippen molar-refractivity contribution >= 4 is 5.71 Å². The smallest absolute Gasteiger partial charge is 0.208 e. The number of nitrogens with one attached hydrogen (secondary N) is 1. The Hall–Kier alpha value is -4.28. The SMILES string of the molecule is CCCO/N=C(\COc1ccc(-c2nn[nH]n2)c(OC)c1)c1cc(-c2ccc(F)cc2)no1. The lowest BCUT2D eigenvalue weighted by atomic mass is 10.1. The molecule has 2 aromatic carbocycles. The highest BCUT2D eigenvalue weighted by Gasteiger charge is 2.16. The summed E-state index contributed by atoms with van der Waals surface area (Å²) in [5.74, 6) is 1.50. The summed E-state index contributed by atoms with van der Waals surface area (Å²) in [5, 5.41) is 22.1. The summed E-state index contributed by atoms with van der Waals surface area (Å²) in [4.78, 5) is 5.35. The molecule has 33 heavy (non-hydrogen) atoms. The molecule has 0 aliphatic carbocycles. The fourth-order valence-corrected chi connectivity index (χ4v) is 2.90. The summed E-state index contributed by atoms with van der Waals surface area (Å²) in [7, 11) is 1.54. The third-order valence-corrected chi connectivity index (χ3v) is 4.54. The van der Waals surface area contributed by atoms with Gasteiger partial charge >= 0.3 is 0 Å². The molecule has 0 saturated carbocycles. The monoisotopic (exact) mass is 452 g/mol. The van der Waals surface area contributed by atoms with Crippen molar-refractivity contribution in [1.82, 2.24) is 25.8 Å². The van der Waals surface area contributed by atoms with Gasteiger partial charge in [-0.05, 0) is 48.0 Å². The molecule has 0 spiro atoms. The lowest BCUT2D eigenvalue weighted by molar-refractivity contribution is 0.142. The molecule has 0 aliphatic heterocycles. The maximum Gasteiger partial charge on any atom is 0.208 e. The highest BCUT2D eigenvalue weighted by atomic mass is 19.1. The number of ether oxygens (including phenoxy) is 2. The average Bonchev–Trinajstić information content (AvgIpc) is 3.54. The number of hydrogen-bond donors (Lipinski definition) is 1. The Morgan fingerprint density at radius 1 is 1.15 bits per heavy atom. The first kappa shape index (κ1) is 21.9. The molecular formula is C22H21FN6O4. The quantitative estimate of drug-likeness (QED) is 0.219. The van der Waals surface area contributed by atoms with Gasteiger partial charge in [0.05, 0.1) is 12.7 Å². The molecule has 0 saturated heterocycles. The molecule has 170 valence electrons. The first-order valence-electron chi connectivity index (χ1n) is 10.1. The first-order chi connectivity index (χ1) is 16.2. The van der Waals surface area contributed by atoms with Crippen LogP contribution in [-0.4, -0.2) is 51.8 Å². The molecule has 0 unspecified atom stereocenters. The van der Waals surface area contributed by atoms with E-state index in [1.165, 1.54) is 12.1 Å². The number of halogens is 1. The standard InChI is InChI=1S/C22H21FN6O4/c1-3-10-32-26-19(21-12-18(27-33-21)14-4-6-15(23)7-5-14)13-31-16-8-9-17(20(11-16)30-2)22-24-28-29-25-22/h4-9,11-12H,3,10,13H2,1-2H3,(H,24,25,28,29)/b26-19+. The molecule has 2 heterocycles. The lowest BCUT2D eigenvalue weighted by Gasteiger charge is -2.10. The van der Waals surface area contributed by atoms with Crippen molar-refractivity contribution in [2.24, 2.45) is 5.16 Å². The van der Waals surface area contributed by atoms with Gasteiger partial charge < -0.3 is 18.8 Å². The average molecular weight is 452 g/mol. The van der Waals surface area contributed by atoms with Gasteiger partial charge in [-0.15, -0.1) is 10.2 Å². The number of oxime groups is 1. The highest BCUT2D eigenvalue weighted by Crippen LogP contribution is 2.31. The van der Waals surface area contributed by atoms with Crippen molar-refractivity contribution in [2.75, 3.05) is 20.3 Å². The van der Waals surface area contributed by atoms with Crippen molar-refractivity contribution < 1.29 is 23.2 Å². The summed E-state index contributed by atoms with van der Waals surface area (Å²) in [6.45, 7) is 2.46. The minimum absolute atomic E-state index is 0.0481. The molecule has 4 rings (SSSR count). The molecule has 10 nitrogen and oxygen atoms in total. The van der Waals surface area contributed by atoms with Crippen LogP contribution in [0.15, 0.2) is 58.2 Å². The number of hydrogen-bond acceptors (Lipinski definition) is 9. The van der Waals surface area contributed by atoms with Crippen LogP contribution >= 0.6 is 0 Å². The number of benzene rings is 2. The highest BCUT2D eigenvalue weighted by molar-refractivity contribution is 5.99. The predicted octanol–water partition coefficient (Wildman–Crippen LogP) is 3.88. The molecule has 0 atom stereocenters. The van der Waals surface area contributed by atoms with Gasteiger partial charge in [-0.2, -0.15) is 5.21 Å². The van der Waals surface area contributed by atoms with E-state index in [-0.39, 0.29) is 12.4 Å². The molecule has 0 aliphatic rings. The normalized spacial score (nSPS) is 11.4. The Kier molecular flexibility index (Phi) is 6.88. The third kappa shape index (κ3) is 5.32. The van der Waals surface area contributed by atoms with Crippen LogP contribution in [0.5, 0.6) is 11.5 Å². The van der Waals surface area contributed by atoms with Crippen molar-refractivity contribution in [3.8, 4) is 34.1 Å². The Morgan fingerprint density at radius 3 is 2.73 bits per heavy atom. The first-order valence-corrected chi connectivity index (χ1v) is 10.1. The fraction of sp³-hybridized carbons (Fsp3) is 0.227. The summed E-state index contributed by atoms with van der Waals surface area (Å²) in [6, 6.07) is 12.9. The summed E-state index contributed by atoms with van der Waals surface area (Å²) in [5.41, 5.74) is 2.32. The van der Waals surface area contributed by atoms with Crippen LogP contribution in [0.3, 0.4) is 0 Å². The second kappa shape index (κ2) is 10.4. The van der Waals surface area contributed by atoms with Crippen LogP contribution in [-0.2, 0) is 4.84 Å². The van der Waals surface area contributed by atoms with E-state index in [4.69, 9.17) is 18.8 Å². The Labute approximate surface area is 188 Å². The number of H-pyrrole nitrogens is 1. The second-order valence-corrected chi connectivity index (χ2v) is 6.84. The number of nitrogens with zero attached hydrogens (tertiary/aromatic N) is 5. The van der Waals surface area contributed by atoms with Gasteiger partial charge in [0.25, 0.3) is 0 Å². The van der Waals surface area contributed by atoms with Crippen LogP contribution in [0.4, 0.5) is 4.39 Å². The summed E-state index contributed by atoms with van der Waals surface area (Å²) < 4.78 is 30.0. The van der Waals surface area contributed by atoms with E-state index in [1.54, 1.807) is 43.5 Å². The number of aromatic nitrogens is 5. The van der Waals surface area contributed by atoms with E-state index < -0.39 is 0 Å². The zero-order chi connectivity index (χ0) is 23.0. The number of methoxy groups -OCH3 is 1. The van der Waals surface area contributed by atoms with Gasteiger partial charge in [0.1, 0.15) is 36.2 Å². The van der Waals surface area contributed by atoms with Crippen molar-refractivity contribution in [3.05, 3.63) is 60.1 Å². The van der Waals surface area contributed by atoms with Crippen LogP contribution in [0.1, 0.15) is 19.1 Å². The van der Waals surface area contributed by atoms with E-state index in [0.29, 0.717) is 52.2 Å². The van der Waals surface area contributed by atoms with E-state index in [1.807, 2.05) is 6.92 Å². The Morgan fingerprint density at radius 2 is 2.00 bits per heavy atom. The largest absolute Gasteiger partial charge is 0.496 e. The van der Waals surface area contributed by atoms with Crippen molar-refractivity contribution in [2.45, 2.75) is 13.3 Å². The lowest BCUT2D eigenvalue weighted by Crippen LogP contribution is -2.13. The van der Waals surface area contributed by atoms with Gasteiger partial charge in [-0.3, -0.25) is 0 Å². The second-order valence-electron chi connectivity index (χ2n) is 6.84. The molecule has 11 heteroatoms. The van der Waals surface area contributed by atoms with Gasteiger partial charge in [0.15, 0.2) is 11.5 Å². The van der Waals surface area contributed by atoms with Crippen molar-refractivity contribution in [1.29, 1.82) is 0 Å². The van der Waals surface area contributed by atoms with Gasteiger partial charge in [-0.1, -0.05) is 17.2 Å². The van der Waals surface area contributed by atoms with E-state index >= 15 is 0 Å². The van der Waals surface area contributed by atoms with Gasteiger partial charge in [-0.25, -0.2) is 4.39 Å². The third-order valence-electron chi connectivity index (χ3n) is 4.54. The zero-order valence-electron chi connectivity index (χ0n) is 18.0. The minimum Gasteiger partial charge on any atom is -0.496 e. The molecule has 0 amide bonds.